The molecule has 124 valence electrons. The molecule has 1 aliphatic carbocycles. The van der Waals surface area contributed by atoms with Gasteiger partial charge in [-0.25, -0.2) is 8.42 Å². The van der Waals surface area contributed by atoms with Crippen LogP contribution in [-0.2, 0) is 16.4 Å². The molecule has 3 rings (SSSR count). The molecule has 3 unspecified atom stereocenters. The maximum Gasteiger partial charge on any atom is 0.175 e. The van der Waals surface area contributed by atoms with Gasteiger partial charge in [0.15, 0.2) is 9.84 Å². The molecule has 1 heterocycles. The van der Waals surface area contributed by atoms with E-state index in [2.05, 4.69) is 4.90 Å². The number of benzene rings is 1. The van der Waals surface area contributed by atoms with Crippen LogP contribution in [0.4, 0.5) is 0 Å². The summed E-state index contributed by atoms with van der Waals surface area (Å²) >= 11 is 0. The molecule has 4 nitrogen and oxygen atoms in total. The van der Waals surface area contributed by atoms with Crippen molar-refractivity contribution in [3.05, 3.63) is 29.8 Å². The van der Waals surface area contributed by atoms with Crippen molar-refractivity contribution >= 4 is 22.2 Å². The number of halogens is 1. The van der Waals surface area contributed by atoms with E-state index >= 15 is 0 Å². The Morgan fingerprint density at radius 1 is 1.18 bits per heavy atom. The fourth-order valence-corrected chi connectivity index (χ4v) is 4.47. The summed E-state index contributed by atoms with van der Waals surface area (Å²) in [7, 11) is -3.10. The van der Waals surface area contributed by atoms with Crippen molar-refractivity contribution in [2.45, 2.75) is 36.7 Å². The number of likely N-dealkylation sites (tertiary alicyclic amines) is 1. The van der Waals surface area contributed by atoms with E-state index in [1.807, 2.05) is 12.1 Å². The van der Waals surface area contributed by atoms with E-state index in [9.17, 15) is 8.42 Å². The zero-order chi connectivity index (χ0) is 15.0. The third-order valence-electron chi connectivity index (χ3n) is 4.99. The molecule has 0 radical (unpaired) electrons. The van der Waals surface area contributed by atoms with Crippen LogP contribution in [0.1, 0.15) is 24.8 Å². The Kier molecular flexibility index (Phi) is 5.54. The third kappa shape index (κ3) is 3.82. The summed E-state index contributed by atoms with van der Waals surface area (Å²) in [5, 5.41) is 0. The summed E-state index contributed by atoms with van der Waals surface area (Å²) in [6.45, 7) is 3.11. The maximum absolute atomic E-state index is 11.5. The standard InChI is InChI=1S/C16H24N2O2S.ClH/c1-21(19,20)14-7-5-12(6-8-14)9-18-10-13-3-2-4-16(17)15(13)11-18;/h5-8,13,15-16H,2-4,9-11,17H2,1H3;1H. The molecular formula is C16H25ClN2O2S. The van der Waals surface area contributed by atoms with Gasteiger partial charge in [-0.15, -0.1) is 12.4 Å². The van der Waals surface area contributed by atoms with Crippen LogP contribution in [0.3, 0.4) is 0 Å². The first kappa shape index (κ1) is 17.7. The number of hydrogen-bond donors (Lipinski definition) is 1. The van der Waals surface area contributed by atoms with E-state index in [0.717, 1.165) is 32.0 Å². The highest BCUT2D eigenvalue weighted by molar-refractivity contribution is 7.90. The van der Waals surface area contributed by atoms with E-state index < -0.39 is 9.84 Å². The van der Waals surface area contributed by atoms with Gasteiger partial charge in [0.2, 0.25) is 0 Å². The van der Waals surface area contributed by atoms with E-state index in [1.54, 1.807) is 12.1 Å². The highest BCUT2D eigenvalue weighted by Crippen LogP contribution is 2.36. The van der Waals surface area contributed by atoms with Gasteiger partial charge in [-0.3, -0.25) is 4.90 Å². The molecule has 1 aromatic carbocycles. The van der Waals surface area contributed by atoms with Crippen LogP contribution in [0.2, 0.25) is 0 Å². The molecule has 1 saturated heterocycles. The molecule has 2 N–H and O–H groups in total. The molecule has 22 heavy (non-hydrogen) atoms. The smallest absolute Gasteiger partial charge is 0.175 e. The number of nitrogens with two attached hydrogens (primary N) is 1. The average molecular weight is 345 g/mol. The SMILES string of the molecule is CS(=O)(=O)c1ccc(CN2CC3CCCC(N)C3C2)cc1.Cl. The highest BCUT2D eigenvalue weighted by atomic mass is 35.5. The normalized spacial score (nSPS) is 28.9. The Morgan fingerprint density at radius 3 is 2.45 bits per heavy atom. The Hall–Kier alpha value is -0.620. The summed E-state index contributed by atoms with van der Waals surface area (Å²) in [4.78, 5) is 2.86. The van der Waals surface area contributed by atoms with E-state index in [4.69, 9.17) is 5.73 Å². The van der Waals surface area contributed by atoms with Crippen molar-refractivity contribution in [2.75, 3.05) is 19.3 Å². The highest BCUT2D eigenvalue weighted by Gasteiger charge is 2.38. The van der Waals surface area contributed by atoms with Crippen molar-refractivity contribution in [3.63, 3.8) is 0 Å². The lowest BCUT2D eigenvalue weighted by Gasteiger charge is -2.29. The molecule has 1 saturated carbocycles. The summed E-state index contributed by atoms with van der Waals surface area (Å²) < 4.78 is 22.9. The fourth-order valence-electron chi connectivity index (χ4n) is 3.84. The molecule has 2 aliphatic rings. The monoisotopic (exact) mass is 344 g/mol. The Labute approximate surface area is 139 Å². The van der Waals surface area contributed by atoms with Gasteiger partial charge in [0.1, 0.15) is 0 Å². The lowest BCUT2D eigenvalue weighted by molar-refractivity contribution is 0.259. The summed E-state index contributed by atoms with van der Waals surface area (Å²) in [5.41, 5.74) is 7.43. The molecule has 6 heteroatoms. The lowest BCUT2D eigenvalue weighted by atomic mass is 9.78. The largest absolute Gasteiger partial charge is 0.327 e. The lowest BCUT2D eigenvalue weighted by Crippen LogP contribution is -2.38. The van der Waals surface area contributed by atoms with Crippen molar-refractivity contribution in [2.24, 2.45) is 17.6 Å². The maximum atomic E-state index is 11.5. The number of fused-ring (bicyclic) bond motifs is 1. The van der Waals surface area contributed by atoms with Gasteiger partial charge in [0.25, 0.3) is 0 Å². The predicted molar refractivity (Wildman–Crippen MR) is 90.9 cm³/mol. The molecule has 0 aromatic heterocycles. The third-order valence-corrected chi connectivity index (χ3v) is 6.12. The molecule has 0 spiro atoms. The van der Waals surface area contributed by atoms with Crippen LogP contribution in [0.15, 0.2) is 29.2 Å². The topological polar surface area (TPSA) is 63.4 Å². The van der Waals surface area contributed by atoms with Crippen LogP contribution in [0.5, 0.6) is 0 Å². The van der Waals surface area contributed by atoms with Crippen LogP contribution < -0.4 is 5.73 Å². The minimum Gasteiger partial charge on any atom is -0.327 e. The second kappa shape index (κ2) is 6.87. The molecule has 0 amide bonds. The van der Waals surface area contributed by atoms with Crippen molar-refractivity contribution < 1.29 is 8.42 Å². The van der Waals surface area contributed by atoms with Crippen LogP contribution in [0, 0.1) is 11.8 Å². The molecule has 1 aromatic rings. The van der Waals surface area contributed by atoms with Crippen LogP contribution in [-0.4, -0.2) is 38.7 Å². The van der Waals surface area contributed by atoms with Crippen molar-refractivity contribution in [1.29, 1.82) is 0 Å². The number of nitrogens with zero attached hydrogens (tertiary/aromatic N) is 1. The Morgan fingerprint density at radius 2 is 1.86 bits per heavy atom. The van der Waals surface area contributed by atoms with E-state index in [1.165, 1.54) is 24.7 Å². The second-order valence-corrected chi connectivity index (χ2v) is 8.64. The number of hydrogen-bond acceptors (Lipinski definition) is 4. The predicted octanol–water partition coefficient (Wildman–Crippen LogP) is 2.07. The Balaban J connectivity index is 0.00000176. The van der Waals surface area contributed by atoms with Crippen LogP contribution >= 0.6 is 12.4 Å². The van der Waals surface area contributed by atoms with Gasteiger partial charge in [0, 0.05) is 31.9 Å². The first-order valence-corrected chi connectivity index (χ1v) is 9.59. The summed E-state index contributed by atoms with van der Waals surface area (Å²) in [5.74, 6) is 1.40. The van der Waals surface area contributed by atoms with E-state index in [0.29, 0.717) is 16.9 Å². The zero-order valence-electron chi connectivity index (χ0n) is 12.9. The zero-order valence-corrected chi connectivity index (χ0v) is 14.6. The summed E-state index contributed by atoms with van der Waals surface area (Å²) in [6.07, 6.45) is 4.98. The van der Waals surface area contributed by atoms with Gasteiger partial charge >= 0.3 is 0 Å². The molecule has 1 aliphatic heterocycles. The van der Waals surface area contributed by atoms with Gasteiger partial charge < -0.3 is 5.73 Å². The van der Waals surface area contributed by atoms with Gasteiger partial charge in [-0.05, 0) is 42.4 Å². The first-order chi connectivity index (χ1) is 9.93. The fraction of sp³-hybridized carbons (Fsp3) is 0.625. The van der Waals surface area contributed by atoms with Crippen molar-refractivity contribution in [3.8, 4) is 0 Å². The number of sulfone groups is 1. The summed E-state index contributed by atoms with van der Waals surface area (Å²) in [6, 6.07) is 7.64. The van der Waals surface area contributed by atoms with Crippen molar-refractivity contribution in [1.82, 2.24) is 4.90 Å². The second-order valence-electron chi connectivity index (χ2n) is 6.63. The molecular weight excluding hydrogens is 320 g/mol. The van der Waals surface area contributed by atoms with Gasteiger partial charge in [-0.2, -0.15) is 0 Å². The minimum absolute atomic E-state index is 0. The number of rotatable bonds is 3. The van der Waals surface area contributed by atoms with Crippen LogP contribution in [0.25, 0.3) is 0 Å². The average Bonchev–Trinajstić information content (AvgIpc) is 2.82. The first-order valence-electron chi connectivity index (χ1n) is 7.70. The Bertz CT molecular complexity index is 603. The molecule has 3 atom stereocenters. The van der Waals surface area contributed by atoms with Gasteiger partial charge in [0.05, 0.1) is 4.90 Å². The minimum atomic E-state index is -3.10. The van der Waals surface area contributed by atoms with Gasteiger partial charge in [-0.1, -0.05) is 18.6 Å². The van der Waals surface area contributed by atoms with E-state index in [-0.39, 0.29) is 12.4 Å². The molecule has 0 bridgehead atoms. The quantitative estimate of drug-likeness (QED) is 0.911. The molecule has 2 fully saturated rings.